The Morgan fingerprint density at radius 2 is 1.79 bits per heavy atom. The molecule has 1 heterocycles. The minimum absolute atomic E-state index is 0.0313. The SMILES string of the molecule is CC(C)CCC[C@@H](C)[C@H]1CC[C@H]2[C@@H]3CC=C4CC(OP5(=O)OCCO5)CC[C@]4(C)[C@H]3CC[C@]12C. The van der Waals surface area contributed by atoms with Crippen molar-refractivity contribution in [3.05, 3.63) is 11.6 Å². The summed E-state index contributed by atoms with van der Waals surface area (Å²) in [5, 5.41) is 0. The van der Waals surface area contributed by atoms with Gasteiger partial charge >= 0.3 is 7.82 Å². The van der Waals surface area contributed by atoms with Crippen LogP contribution in [0, 0.1) is 46.3 Å². The second kappa shape index (κ2) is 9.62. The van der Waals surface area contributed by atoms with Crippen LogP contribution in [0.1, 0.15) is 105 Å². The smallest absolute Gasteiger partial charge is 0.284 e. The molecule has 0 aromatic heterocycles. The Kier molecular flexibility index (Phi) is 7.22. The van der Waals surface area contributed by atoms with Gasteiger partial charge in [0.05, 0.1) is 19.3 Å². The van der Waals surface area contributed by atoms with Gasteiger partial charge in [0, 0.05) is 0 Å². The van der Waals surface area contributed by atoms with Crippen molar-refractivity contribution in [3.8, 4) is 0 Å². The molecule has 194 valence electrons. The van der Waals surface area contributed by atoms with Crippen LogP contribution < -0.4 is 0 Å². The largest absolute Gasteiger partial charge is 0.475 e. The van der Waals surface area contributed by atoms with E-state index < -0.39 is 7.82 Å². The van der Waals surface area contributed by atoms with Gasteiger partial charge in [-0.1, -0.05) is 65.5 Å². The molecule has 8 atom stereocenters. The zero-order chi connectivity index (χ0) is 24.1. The van der Waals surface area contributed by atoms with E-state index >= 15 is 0 Å². The summed E-state index contributed by atoms with van der Waals surface area (Å²) in [4.78, 5) is 0. The lowest BCUT2D eigenvalue weighted by molar-refractivity contribution is -0.0570. The van der Waals surface area contributed by atoms with E-state index in [0.717, 1.165) is 54.8 Å². The molecule has 1 unspecified atom stereocenters. The lowest BCUT2D eigenvalue weighted by Crippen LogP contribution is -2.51. The first kappa shape index (κ1) is 25.5. The van der Waals surface area contributed by atoms with Crippen LogP contribution >= 0.6 is 7.82 Å². The van der Waals surface area contributed by atoms with Crippen molar-refractivity contribution in [2.24, 2.45) is 46.3 Å². The quantitative estimate of drug-likeness (QED) is 0.264. The third kappa shape index (κ3) is 4.52. The number of hydrogen-bond acceptors (Lipinski definition) is 4. The summed E-state index contributed by atoms with van der Waals surface area (Å²) in [7, 11) is -3.32. The van der Waals surface area contributed by atoms with Crippen LogP contribution in [0.2, 0.25) is 0 Å². The van der Waals surface area contributed by atoms with Gasteiger partial charge in [-0.2, -0.15) is 0 Å². The van der Waals surface area contributed by atoms with Crippen molar-refractivity contribution in [1.29, 1.82) is 0 Å². The molecular formula is C29H49O4P. The molecule has 0 radical (unpaired) electrons. The molecular weight excluding hydrogens is 443 g/mol. The van der Waals surface area contributed by atoms with Crippen LogP contribution in [-0.4, -0.2) is 19.3 Å². The van der Waals surface area contributed by atoms with E-state index in [2.05, 4.69) is 40.7 Å². The standard InChI is InChI=1S/C29H49O4P/c1-20(2)7-6-8-21(3)25-11-12-26-24-10-9-22-19-23(33-34(30)31-17-18-32-34)13-15-28(22,4)27(24)14-16-29(25,26)5/h9,20-21,23-27H,6-8,10-19H2,1-5H3/t21-,23?,24+,25-,26+,27+,28+,29-/m1/s1. The maximum atomic E-state index is 12.6. The molecule has 5 heteroatoms. The van der Waals surface area contributed by atoms with Gasteiger partial charge in [-0.05, 0) is 97.7 Å². The highest BCUT2D eigenvalue weighted by Gasteiger charge is 2.59. The summed E-state index contributed by atoms with van der Waals surface area (Å²) in [5.41, 5.74) is 2.39. The van der Waals surface area contributed by atoms with Crippen molar-refractivity contribution in [3.63, 3.8) is 0 Å². The number of phosphoric ester groups is 1. The minimum Gasteiger partial charge on any atom is -0.284 e. The van der Waals surface area contributed by atoms with E-state index in [1.54, 1.807) is 5.57 Å². The molecule has 0 N–H and O–H groups in total. The van der Waals surface area contributed by atoms with Gasteiger partial charge in [-0.3, -0.25) is 13.6 Å². The highest BCUT2D eigenvalue weighted by molar-refractivity contribution is 7.48. The summed E-state index contributed by atoms with van der Waals surface area (Å²) in [6.45, 7) is 13.3. The van der Waals surface area contributed by atoms with Crippen LogP contribution in [0.25, 0.3) is 0 Å². The third-order valence-corrected chi connectivity index (χ3v) is 12.7. The van der Waals surface area contributed by atoms with E-state index in [9.17, 15) is 4.57 Å². The number of hydrogen-bond donors (Lipinski definition) is 0. The van der Waals surface area contributed by atoms with Gasteiger partial charge in [0.1, 0.15) is 0 Å². The number of rotatable bonds is 7. The molecule has 0 spiro atoms. The van der Waals surface area contributed by atoms with Crippen molar-refractivity contribution in [2.75, 3.05) is 13.2 Å². The van der Waals surface area contributed by atoms with Gasteiger partial charge in [-0.15, -0.1) is 0 Å². The molecule has 4 nitrogen and oxygen atoms in total. The summed E-state index contributed by atoms with van der Waals surface area (Å²) >= 11 is 0. The summed E-state index contributed by atoms with van der Waals surface area (Å²) in [6, 6.07) is 0. The fourth-order valence-corrected chi connectivity index (χ4v) is 10.7. The maximum Gasteiger partial charge on any atom is 0.475 e. The van der Waals surface area contributed by atoms with Gasteiger partial charge < -0.3 is 0 Å². The number of phosphoric acid groups is 1. The topological polar surface area (TPSA) is 44.8 Å². The van der Waals surface area contributed by atoms with Crippen LogP contribution in [0.15, 0.2) is 11.6 Å². The van der Waals surface area contributed by atoms with Gasteiger partial charge in [0.2, 0.25) is 0 Å². The molecule has 3 saturated carbocycles. The molecule has 0 aromatic carbocycles. The van der Waals surface area contributed by atoms with E-state index in [-0.39, 0.29) is 11.5 Å². The van der Waals surface area contributed by atoms with Gasteiger partial charge in [0.25, 0.3) is 0 Å². The van der Waals surface area contributed by atoms with Gasteiger partial charge in [0.15, 0.2) is 0 Å². The predicted octanol–water partition coefficient (Wildman–Crippen LogP) is 8.57. The molecule has 1 saturated heterocycles. The monoisotopic (exact) mass is 492 g/mol. The van der Waals surface area contributed by atoms with Crippen LogP contribution in [0.3, 0.4) is 0 Å². The van der Waals surface area contributed by atoms with E-state index in [1.807, 2.05) is 0 Å². The lowest BCUT2D eigenvalue weighted by atomic mass is 9.47. The van der Waals surface area contributed by atoms with Crippen LogP contribution in [0.5, 0.6) is 0 Å². The van der Waals surface area contributed by atoms with Crippen LogP contribution in [0.4, 0.5) is 0 Å². The first-order valence-corrected chi connectivity index (χ1v) is 15.9. The zero-order valence-corrected chi connectivity index (χ0v) is 23.3. The Balaban J connectivity index is 1.27. The molecule has 5 aliphatic rings. The highest BCUT2D eigenvalue weighted by Crippen LogP contribution is 2.68. The Bertz CT molecular complexity index is 813. The number of allylic oxidation sites excluding steroid dienone is 1. The average Bonchev–Trinajstić information content (AvgIpc) is 3.36. The molecule has 0 amide bonds. The van der Waals surface area contributed by atoms with Crippen molar-refractivity contribution < 1.29 is 18.1 Å². The maximum absolute atomic E-state index is 12.6. The molecule has 4 fully saturated rings. The van der Waals surface area contributed by atoms with Crippen LogP contribution in [-0.2, 0) is 18.1 Å². The predicted molar refractivity (Wildman–Crippen MR) is 137 cm³/mol. The highest BCUT2D eigenvalue weighted by atomic mass is 31.2. The summed E-state index contributed by atoms with van der Waals surface area (Å²) in [6.07, 6.45) is 16.7. The fourth-order valence-electron chi connectivity index (χ4n) is 9.32. The van der Waals surface area contributed by atoms with Crippen molar-refractivity contribution in [2.45, 2.75) is 111 Å². The van der Waals surface area contributed by atoms with E-state index in [0.29, 0.717) is 18.6 Å². The molecule has 5 rings (SSSR count). The summed E-state index contributed by atoms with van der Waals surface area (Å²) in [5.74, 6) is 5.15. The minimum atomic E-state index is -3.32. The van der Waals surface area contributed by atoms with E-state index in [4.69, 9.17) is 13.6 Å². The second-order valence-corrected chi connectivity index (χ2v) is 15.0. The van der Waals surface area contributed by atoms with Crippen molar-refractivity contribution in [1.82, 2.24) is 0 Å². The van der Waals surface area contributed by atoms with Crippen molar-refractivity contribution >= 4 is 7.82 Å². The third-order valence-electron chi connectivity index (χ3n) is 11.1. The first-order valence-electron chi connectivity index (χ1n) is 14.4. The number of fused-ring (bicyclic) bond motifs is 5. The second-order valence-electron chi connectivity index (χ2n) is 13.4. The average molecular weight is 493 g/mol. The molecule has 4 aliphatic carbocycles. The Morgan fingerprint density at radius 1 is 1.03 bits per heavy atom. The molecule has 0 aromatic rings. The Labute approximate surface area is 208 Å². The van der Waals surface area contributed by atoms with Gasteiger partial charge in [-0.25, -0.2) is 4.57 Å². The lowest BCUT2D eigenvalue weighted by Gasteiger charge is -2.58. The first-order chi connectivity index (χ1) is 16.1. The zero-order valence-electron chi connectivity index (χ0n) is 22.4. The molecule has 34 heavy (non-hydrogen) atoms. The normalized spacial score (nSPS) is 44.3. The Hall–Kier alpha value is -0.150. The molecule has 1 aliphatic heterocycles. The summed E-state index contributed by atoms with van der Waals surface area (Å²) < 4.78 is 29.1. The fraction of sp³-hybridized carbons (Fsp3) is 0.931. The van der Waals surface area contributed by atoms with E-state index in [1.165, 1.54) is 51.4 Å². The molecule has 0 bridgehead atoms. The Morgan fingerprint density at radius 3 is 2.53 bits per heavy atom.